The van der Waals surface area contributed by atoms with E-state index in [2.05, 4.69) is 4.98 Å². The van der Waals surface area contributed by atoms with E-state index in [9.17, 15) is 14.7 Å². The molecule has 1 aromatic carbocycles. The first-order valence-electron chi connectivity index (χ1n) is 9.34. The zero-order valence-electron chi connectivity index (χ0n) is 16.3. The van der Waals surface area contributed by atoms with Gasteiger partial charge in [0.1, 0.15) is 17.6 Å². The van der Waals surface area contributed by atoms with Gasteiger partial charge in [0.25, 0.3) is 11.7 Å². The number of likely N-dealkylation sites (tertiary alicyclic amines) is 1. The molecule has 1 aliphatic heterocycles. The van der Waals surface area contributed by atoms with Crippen molar-refractivity contribution in [2.24, 2.45) is 0 Å². The molecule has 1 amide bonds. The van der Waals surface area contributed by atoms with E-state index in [0.717, 1.165) is 18.4 Å². The number of aryl methyl sites for hydroxylation is 1. The molecule has 1 atom stereocenters. The van der Waals surface area contributed by atoms with Crippen molar-refractivity contribution in [1.82, 2.24) is 9.88 Å². The number of methoxy groups -OCH3 is 1. The highest BCUT2D eigenvalue weighted by molar-refractivity contribution is 6.46. The lowest BCUT2D eigenvalue weighted by molar-refractivity contribution is -0.140. The molecule has 1 unspecified atom stereocenters. The number of carbonyl (C=O) groups is 2. The molecule has 1 fully saturated rings. The van der Waals surface area contributed by atoms with Gasteiger partial charge in [-0.15, -0.1) is 0 Å². The molecule has 146 valence electrons. The van der Waals surface area contributed by atoms with Gasteiger partial charge < -0.3 is 14.7 Å². The average Bonchev–Trinajstić information content (AvgIpc) is 2.97. The Labute approximate surface area is 164 Å². The Balaban J connectivity index is 2.16. The number of hydrogen-bond acceptors (Lipinski definition) is 5. The number of aliphatic hydroxyl groups is 1. The van der Waals surface area contributed by atoms with Gasteiger partial charge >= 0.3 is 0 Å². The first-order chi connectivity index (χ1) is 13.5. The lowest BCUT2D eigenvalue weighted by atomic mass is 9.96. The molecule has 6 nitrogen and oxygen atoms in total. The molecule has 1 saturated heterocycles. The summed E-state index contributed by atoms with van der Waals surface area (Å²) >= 11 is 0. The molecule has 0 bridgehead atoms. The molecule has 1 N–H and O–H groups in total. The van der Waals surface area contributed by atoms with Crippen molar-refractivity contribution in [3.8, 4) is 5.75 Å². The molecule has 6 heteroatoms. The maximum Gasteiger partial charge on any atom is 0.295 e. The van der Waals surface area contributed by atoms with Crippen LogP contribution >= 0.6 is 0 Å². The van der Waals surface area contributed by atoms with Gasteiger partial charge in [0, 0.05) is 18.3 Å². The van der Waals surface area contributed by atoms with Crippen molar-refractivity contribution in [2.75, 3.05) is 13.7 Å². The second-order valence-electron chi connectivity index (χ2n) is 6.78. The number of hydrogen-bond donors (Lipinski definition) is 1. The lowest BCUT2D eigenvalue weighted by Gasteiger charge is -2.24. The van der Waals surface area contributed by atoms with Crippen molar-refractivity contribution >= 4 is 17.4 Å². The number of Topliss-reactive ketones (excluding diaryl/α,β-unsaturated/α-hetero) is 1. The monoisotopic (exact) mass is 380 g/mol. The first-order valence-corrected chi connectivity index (χ1v) is 9.34. The van der Waals surface area contributed by atoms with Crippen LogP contribution in [0, 0.1) is 6.92 Å². The van der Waals surface area contributed by atoms with Crippen molar-refractivity contribution in [2.45, 2.75) is 32.7 Å². The van der Waals surface area contributed by atoms with Gasteiger partial charge in [-0.2, -0.15) is 0 Å². The summed E-state index contributed by atoms with van der Waals surface area (Å²) in [6, 6.07) is 9.83. The molecule has 0 aliphatic carbocycles. The maximum absolute atomic E-state index is 12.9. The second kappa shape index (κ2) is 8.25. The molecule has 0 spiro atoms. The Hall–Kier alpha value is -3.15. The minimum absolute atomic E-state index is 0.0769. The molecule has 0 radical (unpaired) electrons. The zero-order chi connectivity index (χ0) is 20.3. The molecule has 0 saturated carbocycles. The Bertz CT molecular complexity index is 921. The number of rotatable bonds is 6. The second-order valence-corrected chi connectivity index (χ2v) is 6.78. The van der Waals surface area contributed by atoms with E-state index < -0.39 is 17.7 Å². The lowest BCUT2D eigenvalue weighted by Crippen LogP contribution is -2.31. The van der Waals surface area contributed by atoms with Crippen LogP contribution in [-0.2, 0) is 9.59 Å². The first kappa shape index (κ1) is 19.6. The van der Waals surface area contributed by atoms with E-state index in [1.54, 1.807) is 49.7 Å². The van der Waals surface area contributed by atoms with Gasteiger partial charge in [-0.25, -0.2) is 0 Å². The summed E-state index contributed by atoms with van der Waals surface area (Å²) < 4.78 is 5.21. The number of amides is 1. The number of unbranched alkanes of at least 4 members (excludes halogenated alkanes) is 1. The molecule has 1 aromatic heterocycles. The molecule has 1 aliphatic rings. The van der Waals surface area contributed by atoms with E-state index in [1.807, 2.05) is 13.8 Å². The van der Waals surface area contributed by atoms with Crippen LogP contribution in [0.5, 0.6) is 5.75 Å². The van der Waals surface area contributed by atoms with Crippen LogP contribution in [0.3, 0.4) is 0 Å². The Kier molecular flexibility index (Phi) is 5.78. The van der Waals surface area contributed by atoms with Gasteiger partial charge in [-0.3, -0.25) is 14.6 Å². The number of ketones is 1. The Morgan fingerprint density at radius 2 is 2.04 bits per heavy atom. The van der Waals surface area contributed by atoms with Crippen LogP contribution in [0.4, 0.5) is 0 Å². The van der Waals surface area contributed by atoms with Crippen LogP contribution in [-0.4, -0.2) is 40.3 Å². The summed E-state index contributed by atoms with van der Waals surface area (Å²) in [6.07, 6.45) is 3.27. The maximum atomic E-state index is 12.9. The van der Waals surface area contributed by atoms with Crippen LogP contribution < -0.4 is 4.74 Å². The van der Waals surface area contributed by atoms with Gasteiger partial charge in [0.15, 0.2) is 0 Å². The normalized spacial score (nSPS) is 18.5. The molecule has 2 heterocycles. The fourth-order valence-corrected chi connectivity index (χ4v) is 3.46. The Morgan fingerprint density at radius 1 is 1.25 bits per heavy atom. The number of nitrogens with zero attached hydrogens (tertiary/aromatic N) is 2. The van der Waals surface area contributed by atoms with Gasteiger partial charge in [0.2, 0.25) is 0 Å². The van der Waals surface area contributed by atoms with E-state index in [-0.39, 0.29) is 11.3 Å². The minimum Gasteiger partial charge on any atom is -0.507 e. The summed E-state index contributed by atoms with van der Waals surface area (Å²) in [5.41, 5.74) is 1.88. The summed E-state index contributed by atoms with van der Waals surface area (Å²) in [6.45, 7) is 4.27. The van der Waals surface area contributed by atoms with Crippen molar-refractivity contribution in [1.29, 1.82) is 0 Å². The predicted octanol–water partition coefficient (Wildman–Crippen LogP) is 3.62. The quantitative estimate of drug-likeness (QED) is 0.470. The highest BCUT2D eigenvalue weighted by Gasteiger charge is 2.46. The fraction of sp³-hybridized carbons (Fsp3) is 0.318. The largest absolute Gasteiger partial charge is 0.507 e. The van der Waals surface area contributed by atoms with Gasteiger partial charge in [0.05, 0.1) is 18.4 Å². The topological polar surface area (TPSA) is 79.7 Å². The van der Waals surface area contributed by atoms with Crippen molar-refractivity contribution < 1.29 is 19.4 Å². The summed E-state index contributed by atoms with van der Waals surface area (Å²) in [5, 5.41) is 11.0. The van der Waals surface area contributed by atoms with E-state index in [4.69, 9.17) is 4.74 Å². The van der Waals surface area contributed by atoms with E-state index in [0.29, 0.717) is 23.6 Å². The smallest absolute Gasteiger partial charge is 0.295 e. The standard InChI is InChI=1S/C22H24N2O4/c1-4-5-12-24-19(17-8-6-7-11-23-17)18(21(26)22(24)27)20(25)16-10-9-15(28-3)13-14(16)2/h6-11,13,19,25H,4-5,12H2,1-3H3/b20-18-. The predicted molar refractivity (Wildman–Crippen MR) is 106 cm³/mol. The van der Waals surface area contributed by atoms with Crippen molar-refractivity contribution in [3.63, 3.8) is 0 Å². The molecule has 2 aromatic rings. The van der Waals surface area contributed by atoms with Crippen LogP contribution in [0.2, 0.25) is 0 Å². The van der Waals surface area contributed by atoms with E-state index in [1.165, 1.54) is 4.90 Å². The SMILES string of the molecule is CCCCN1C(=O)C(=O)/C(=C(\O)c2ccc(OC)cc2C)C1c1ccccn1. The summed E-state index contributed by atoms with van der Waals surface area (Å²) in [4.78, 5) is 31.4. The highest BCUT2D eigenvalue weighted by Crippen LogP contribution is 2.39. The van der Waals surface area contributed by atoms with Crippen LogP contribution in [0.1, 0.15) is 42.6 Å². The molecule has 3 rings (SSSR count). The molecular formula is C22H24N2O4. The van der Waals surface area contributed by atoms with E-state index >= 15 is 0 Å². The number of aromatic nitrogens is 1. The highest BCUT2D eigenvalue weighted by atomic mass is 16.5. The number of carbonyl (C=O) groups excluding carboxylic acids is 2. The third-order valence-corrected chi connectivity index (χ3v) is 4.95. The average molecular weight is 380 g/mol. The Morgan fingerprint density at radius 3 is 2.64 bits per heavy atom. The zero-order valence-corrected chi connectivity index (χ0v) is 16.3. The van der Waals surface area contributed by atoms with Gasteiger partial charge in [-0.05, 0) is 49.2 Å². The van der Waals surface area contributed by atoms with Gasteiger partial charge in [-0.1, -0.05) is 19.4 Å². The third-order valence-electron chi connectivity index (χ3n) is 4.95. The van der Waals surface area contributed by atoms with Crippen LogP contribution in [0.15, 0.2) is 48.2 Å². The minimum atomic E-state index is -0.700. The third kappa shape index (κ3) is 3.50. The summed E-state index contributed by atoms with van der Waals surface area (Å²) in [7, 11) is 1.56. The van der Waals surface area contributed by atoms with Crippen LogP contribution in [0.25, 0.3) is 5.76 Å². The fourth-order valence-electron chi connectivity index (χ4n) is 3.46. The summed E-state index contributed by atoms with van der Waals surface area (Å²) in [5.74, 6) is -0.817. The number of pyridine rings is 1. The molecule has 28 heavy (non-hydrogen) atoms. The number of ether oxygens (including phenoxy) is 1. The molecular weight excluding hydrogens is 356 g/mol. The number of aliphatic hydroxyl groups excluding tert-OH is 1. The van der Waals surface area contributed by atoms with Crippen molar-refractivity contribution in [3.05, 3.63) is 65.0 Å². The number of benzene rings is 1.